The van der Waals surface area contributed by atoms with E-state index in [-0.39, 0.29) is 54.3 Å². The van der Waals surface area contributed by atoms with E-state index >= 15 is 0 Å². The third kappa shape index (κ3) is 7.28. The van der Waals surface area contributed by atoms with E-state index in [0.717, 1.165) is 6.26 Å². The molecule has 1 aliphatic rings. The van der Waals surface area contributed by atoms with Crippen molar-refractivity contribution in [3.63, 3.8) is 0 Å². The molecule has 1 aliphatic heterocycles. The number of nitrogens with one attached hydrogen (secondary N) is 1. The molecule has 0 saturated carbocycles. The standard InChI is InChI=1S/C36H38FN5O7S/c1-7-42(50(6,46)47)29-19-30-28(31(33(43)39-5)32(48-30)22-11-13-25(37)14-12-22)18-27(29)23-9-8-10-24(17-23)34(44)41-16-15-40(21-26(41)20-38)35(45)49-36(2,3)4/h8-14,17-19,26H,7,15-16,21H2,1-6H3,(H,39,43)/t26-/m1/s1. The van der Waals surface area contributed by atoms with Gasteiger partial charge < -0.3 is 24.3 Å². The number of hydrogen-bond donors (Lipinski definition) is 1. The average Bonchev–Trinajstić information content (AvgIpc) is 3.44. The largest absolute Gasteiger partial charge is 0.455 e. The van der Waals surface area contributed by atoms with E-state index in [0.29, 0.717) is 22.1 Å². The molecule has 5 rings (SSSR count). The van der Waals surface area contributed by atoms with Crippen LogP contribution in [0.15, 0.2) is 65.1 Å². The summed E-state index contributed by atoms with van der Waals surface area (Å²) in [6, 6.07) is 16.3. The number of fused-ring (bicyclic) bond motifs is 1. The summed E-state index contributed by atoms with van der Waals surface area (Å²) in [5.74, 6) is -1.23. The van der Waals surface area contributed by atoms with Gasteiger partial charge in [-0.3, -0.25) is 13.9 Å². The molecule has 50 heavy (non-hydrogen) atoms. The summed E-state index contributed by atoms with van der Waals surface area (Å²) in [5, 5.41) is 13.0. The Bertz CT molecular complexity index is 2120. The third-order valence-corrected chi connectivity index (χ3v) is 9.44. The molecular formula is C36H38FN5O7S. The Morgan fingerprint density at radius 1 is 1.08 bits per heavy atom. The van der Waals surface area contributed by atoms with E-state index < -0.39 is 45.4 Å². The first-order chi connectivity index (χ1) is 23.6. The number of sulfonamides is 1. The van der Waals surface area contributed by atoms with Crippen LogP contribution in [-0.4, -0.2) is 87.3 Å². The van der Waals surface area contributed by atoms with E-state index in [2.05, 4.69) is 11.4 Å². The molecule has 3 aromatic carbocycles. The molecule has 0 radical (unpaired) electrons. The summed E-state index contributed by atoms with van der Waals surface area (Å²) in [4.78, 5) is 42.7. The van der Waals surface area contributed by atoms with Crippen molar-refractivity contribution in [1.29, 1.82) is 5.26 Å². The number of piperazine rings is 1. The minimum Gasteiger partial charge on any atom is -0.455 e. The highest BCUT2D eigenvalue weighted by atomic mass is 32.2. The Kier molecular flexibility index (Phi) is 9.92. The number of ether oxygens (including phenoxy) is 1. The zero-order chi connectivity index (χ0) is 36.5. The Morgan fingerprint density at radius 3 is 2.38 bits per heavy atom. The summed E-state index contributed by atoms with van der Waals surface area (Å²) >= 11 is 0. The van der Waals surface area contributed by atoms with Gasteiger partial charge in [0.05, 0.1) is 30.1 Å². The maximum absolute atomic E-state index is 13.9. The van der Waals surface area contributed by atoms with Crippen LogP contribution in [0, 0.1) is 17.1 Å². The molecule has 3 amide bonds. The molecule has 1 N–H and O–H groups in total. The maximum atomic E-state index is 13.9. The lowest BCUT2D eigenvalue weighted by molar-refractivity contribution is 0.00926. The van der Waals surface area contributed by atoms with E-state index in [4.69, 9.17) is 9.15 Å². The number of hydrogen-bond acceptors (Lipinski definition) is 8. The molecular weight excluding hydrogens is 665 g/mol. The van der Waals surface area contributed by atoms with Gasteiger partial charge in [-0.1, -0.05) is 12.1 Å². The number of furan rings is 1. The van der Waals surface area contributed by atoms with Crippen LogP contribution in [0.5, 0.6) is 0 Å². The maximum Gasteiger partial charge on any atom is 0.410 e. The average molecular weight is 704 g/mol. The Labute approximate surface area is 290 Å². The zero-order valence-electron chi connectivity index (χ0n) is 28.6. The number of amides is 3. The minimum atomic E-state index is -3.81. The predicted octanol–water partition coefficient (Wildman–Crippen LogP) is 5.64. The van der Waals surface area contributed by atoms with Crippen molar-refractivity contribution >= 4 is 44.6 Å². The Balaban J connectivity index is 1.62. The van der Waals surface area contributed by atoms with Crippen LogP contribution >= 0.6 is 0 Å². The van der Waals surface area contributed by atoms with Gasteiger partial charge in [-0.25, -0.2) is 17.6 Å². The van der Waals surface area contributed by atoms with Crippen LogP contribution in [0.4, 0.5) is 14.9 Å². The summed E-state index contributed by atoms with van der Waals surface area (Å²) in [6.07, 6.45) is 0.505. The van der Waals surface area contributed by atoms with Gasteiger partial charge in [-0.05, 0) is 75.7 Å². The van der Waals surface area contributed by atoms with E-state index in [1.807, 2.05) is 0 Å². The lowest BCUT2D eigenvalue weighted by atomic mass is 9.96. The summed E-state index contributed by atoms with van der Waals surface area (Å²) < 4.78 is 52.7. The number of benzene rings is 3. The van der Waals surface area contributed by atoms with Crippen LogP contribution < -0.4 is 9.62 Å². The molecule has 1 aromatic heterocycles. The lowest BCUT2D eigenvalue weighted by Crippen LogP contribution is -2.56. The fourth-order valence-electron chi connectivity index (χ4n) is 5.92. The molecule has 1 atom stereocenters. The molecule has 262 valence electrons. The summed E-state index contributed by atoms with van der Waals surface area (Å²) in [5.41, 5.74) is 1.42. The molecule has 0 unspecified atom stereocenters. The minimum absolute atomic E-state index is 0.0311. The van der Waals surface area contributed by atoms with Crippen molar-refractivity contribution in [2.24, 2.45) is 0 Å². The van der Waals surface area contributed by atoms with Crippen molar-refractivity contribution in [3.8, 4) is 28.5 Å². The molecule has 14 heteroatoms. The van der Waals surface area contributed by atoms with Gasteiger partial charge in [0, 0.05) is 54.8 Å². The van der Waals surface area contributed by atoms with E-state index in [1.165, 1.54) is 51.5 Å². The van der Waals surface area contributed by atoms with Crippen molar-refractivity contribution in [3.05, 3.63) is 77.6 Å². The van der Waals surface area contributed by atoms with E-state index in [9.17, 15) is 32.5 Å². The number of carbonyl (C=O) groups excluding carboxylic acids is 3. The van der Waals surface area contributed by atoms with Crippen LogP contribution in [-0.2, 0) is 14.8 Å². The molecule has 4 aromatic rings. The lowest BCUT2D eigenvalue weighted by Gasteiger charge is -2.38. The molecule has 0 bridgehead atoms. The number of nitrogens with zero attached hydrogens (tertiary/aromatic N) is 4. The molecule has 12 nitrogen and oxygen atoms in total. The van der Waals surface area contributed by atoms with Crippen LogP contribution in [0.2, 0.25) is 0 Å². The SMILES string of the molecule is CCN(c1cc2oc(-c3ccc(F)cc3)c(C(=O)NC)c2cc1-c1cccc(C(=O)N2CCN(C(=O)OC(C)(C)C)C[C@H]2C#N)c1)S(C)(=O)=O. The van der Waals surface area contributed by atoms with Gasteiger partial charge in [0.1, 0.15) is 28.8 Å². The number of rotatable bonds is 7. The molecule has 0 spiro atoms. The van der Waals surface area contributed by atoms with Crippen molar-refractivity contribution in [2.45, 2.75) is 39.3 Å². The second-order valence-corrected chi connectivity index (χ2v) is 14.7. The van der Waals surface area contributed by atoms with Gasteiger partial charge in [0.15, 0.2) is 0 Å². The summed E-state index contributed by atoms with van der Waals surface area (Å²) in [6.45, 7) is 7.20. The monoisotopic (exact) mass is 703 g/mol. The van der Waals surface area contributed by atoms with E-state index in [1.54, 1.807) is 58.0 Å². The Hall–Kier alpha value is -5.42. The van der Waals surface area contributed by atoms with Crippen LogP contribution in [0.25, 0.3) is 33.4 Å². The zero-order valence-corrected chi connectivity index (χ0v) is 29.4. The smallest absolute Gasteiger partial charge is 0.410 e. The molecule has 2 heterocycles. The Morgan fingerprint density at radius 2 is 1.78 bits per heavy atom. The highest BCUT2D eigenvalue weighted by Gasteiger charge is 2.35. The van der Waals surface area contributed by atoms with Gasteiger partial charge in [-0.2, -0.15) is 5.26 Å². The second kappa shape index (κ2) is 13.8. The normalized spacial score (nSPS) is 15.0. The van der Waals surface area contributed by atoms with Gasteiger partial charge >= 0.3 is 6.09 Å². The predicted molar refractivity (Wildman–Crippen MR) is 187 cm³/mol. The van der Waals surface area contributed by atoms with Crippen molar-refractivity contribution < 1.29 is 36.3 Å². The molecule has 1 saturated heterocycles. The first-order valence-electron chi connectivity index (χ1n) is 15.9. The number of nitriles is 1. The molecule has 1 fully saturated rings. The molecule has 0 aliphatic carbocycles. The second-order valence-electron chi connectivity index (χ2n) is 12.8. The fraction of sp³-hybridized carbons (Fsp3) is 0.333. The number of carbonyl (C=O) groups is 3. The highest BCUT2D eigenvalue weighted by Crippen LogP contribution is 2.42. The van der Waals surface area contributed by atoms with Crippen LogP contribution in [0.3, 0.4) is 0 Å². The van der Waals surface area contributed by atoms with Crippen LogP contribution in [0.1, 0.15) is 48.4 Å². The van der Waals surface area contributed by atoms with Gasteiger partial charge in [0.25, 0.3) is 11.8 Å². The quantitative estimate of drug-likeness (QED) is 0.260. The first-order valence-corrected chi connectivity index (χ1v) is 17.8. The van der Waals surface area contributed by atoms with Crippen molar-refractivity contribution in [1.82, 2.24) is 15.1 Å². The van der Waals surface area contributed by atoms with Crippen molar-refractivity contribution in [2.75, 3.05) is 43.8 Å². The third-order valence-electron chi connectivity index (χ3n) is 8.19. The topological polar surface area (TPSA) is 153 Å². The summed E-state index contributed by atoms with van der Waals surface area (Å²) in [7, 11) is -2.35. The number of anilines is 1. The van der Waals surface area contributed by atoms with Gasteiger partial charge in [0.2, 0.25) is 10.0 Å². The highest BCUT2D eigenvalue weighted by molar-refractivity contribution is 7.92. The first kappa shape index (κ1) is 35.9. The fourth-order valence-corrected chi connectivity index (χ4v) is 6.90. The number of halogens is 1. The van der Waals surface area contributed by atoms with Gasteiger partial charge in [-0.15, -0.1) is 0 Å².